The Kier molecular flexibility index (Phi) is 5.89. The zero-order valence-electron chi connectivity index (χ0n) is 15.3. The van der Waals surface area contributed by atoms with Crippen molar-refractivity contribution in [3.05, 3.63) is 45.2 Å². The summed E-state index contributed by atoms with van der Waals surface area (Å²) >= 11 is 17.7. The van der Waals surface area contributed by atoms with E-state index < -0.39 is 0 Å². The number of rotatable bonds is 2. The van der Waals surface area contributed by atoms with Crippen LogP contribution in [0, 0.1) is 0 Å². The minimum atomic E-state index is 0.233. The van der Waals surface area contributed by atoms with Crippen molar-refractivity contribution in [1.29, 1.82) is 0 Å². The molecular weight excluding hydrogens is 407 g/mol. The first-order valence-corrected chi connectivity index (χ1v) is 9.60. The number of hydrogen-bond donors (Lipinski definition) is 2. The van der Waals surface area contributed by atoms with Gasteiger partial charge in [-0.3, -0.25) is 0 Å². The van der Waals surface area contributed by atoms with Crippen LogP contribution in [-0.4, -0.2) is 30.1 Å². The summed E-state index contributed by atoms with van der Waals surface area (Å²) in [6.07, 6.45) is 3.37. The van der Waals surface area contributed by atoms with Crippen molar-refractivity contribution in [3.8, 4) is 0 Å². The Balaban J connectivity index is 0.000000156. The fraction of sp³-hybridized carbons (Fsp3) is 0.333. The molecule has 4 aromatic heterocycles. The number of aromatic amines is 2. The second-order valence-electron chi connectivity index (χ2n) is 6.74. The summed E-state index contributed by atoms with van der Waals surface area (Å²) in [6, 6.07) is 1.94. The van der Waals surface area contributed by atoms with Crippen molar-refractivity contribution in [2.75, 3.05) is 0 Å². The van der Waals surface area contributed by atoms with Crippen LogP contribution in [0.4, 0.5) is 0 Å². The van der Waals surface area contributed by atoms with E-state index in [4.69, 9.17) is 34.8 Å². The maximum atomic E-state index is 6.15. The predicted molar refractivity (Wildman–Crippen MR) is 111 cm³/mol. The highest BCUT2D eigenvalue weighted by Crippen LogP contribution is 2.30. The van der Waals surface area contributed by atoms with E-state index in [9.17, 15) is 0 Å². The van der Waals surface area contributed by atoms with Gasteiger partial charge in [0.2, 0.25) is 0 Å². The molecule has 142 valence electrons. The zero-order chi connectivity index (χ0) is 19.7. The molecule has 0 bridgehead atoms. The van der Waals surface area contributed by atoms with Gasteiger partial charge in [-0.15, -0.1) is 0 Å². The Morgan fingerprint density at radius 1 is 0.852 bits per heavy atom. The SMILES string of the molecule is CC(C)c1[nH]c2cnncc2c1Cl.CC(C)c1cc2nc(Cl)c(Cl)nc2[nH]1. The van der Waals surface area contributed by atoms with Crippen LogP contribution in [-0.2, 0) is 0 Å². The molecule has 0 radical (unpaired) electrons. The van der Waals surface area contributed by atoms with Crippen LogP contribution < -0.4 is 0 Å². The highest BCUT2D eigenvalue weighted by atomic mass is 35.5. The fourth-order valence-corrected chi connectivity index (χ4v) is 3.24. The first kappa shape index (κ1) is 19.9. The first-order chi connectivity index (χ1) is 12.8. The van der Waals surface area contributed by atoms with E-state index in [0.717, 1.165) is 32.8 Å². The van der Waals surface area contributed by atoms with Gasteiger partial charge in [0.25, 0.3) is 0 Å². The van der Waals surface area contributed by atoms with Crippen molar-refractivity contribution < 1.29 is 0 Å². The average molecular weight is 426 g/mol. The maximum absolute atomic E-state index is 6.15. The normalized spacial score (nSPS) is 11.4. The van der Waals surface area contributed by atoms with Crippen LogP contribution in [0.25, 0.3) is 22.1 Å². The molecule has 4 aromatic rings. The smallest absolute Gasteiger partial charge is 0.168 e. The second-order valence-corrected chi connectivity index (χ2v) is 7.84. The third kappa shape index (κ3) is 4.18. The molecule has 4 rings (SSSR count). The summed E-state index contributed by atoms with van der Waals surface area (Å²) < 4.78 is 0. The fourth-order valence-electron chi connectivity index (χ4n) is 2.57. The van der Waals surface area contributed by atoms with Crippen molar-refractivity contribution >= 4 is 56.9 Å². The van der Waals surface area contributed by atoms with E-state index >= 15 is 0 Å². The lowest BCUT2D eigenvalue weighted by molar-refractivity contribution is 0.835. The van der Waals surface area contributed by atoms with Crippen molar-refractivity contribution in [2.45, 2.75) is 39.5 Å². The van der Waals surface area contributed by atoms with Crippen LogP contribution in [0.5, 0.6) is 0 Å². The van der Waals surface area contributed by atoms with E-state index in [1.54, 1.807) is 12.4 Å². The van der Waals surface area contributed by atoms with E-state index in [1.807, 2.05) is 6.07 Å². The van der Waals surface area contributed by atoms with Crippen molar-refractivity contribution in [2.24, 2.45) is 0 Å². The molecule has 0 aliphatic rings. The van der Waals surface area contributed by atoms with Crippen LogP contribution in [0.15, 0.2) is 18.5 Å². The molecule has 0 saturated heterocycles. The quantitative estimate of drug-likeness (QED) is 0.405. The third-order valence-electron chi connectivity index (χ3n) is 4.07. The number of aromatic nitrogens is 6. The molecule has 0 unspecified atom stereocenters. The van der Waals surface area contributed by atoms with Crippen molar-refractivity contribution in [3.63, 3.8) is 0 Å². The number of nitrogens with one attached hydrogen (secondary N) is 2. The number of hydrogen-bond acceptors (Lipinski definition) is 4. The van der Waals surface area contributed by atoms with E-state index in [-0.39, 0.29) is 10.3 Å². The lowest BCUT2D eigenvalue weighted by Crippen LogP contribution is -1.86. The number of nitrogens with zero attached hydrogens (tertiary/aromatic N) is 4. The summed E-state index contributed by atoms with van der Waals surface area (Å²) in [5.41, 5.74) is 4.51. The average Bonchev–Trinajstić information content (AvgIpc) is 3.18. The molecule has 0 aromatic carbocycles. The number of halogens is 3. The van der Waals surface area contributed by atoms with Crippen LogP contribution in [0.2, 0.25) is 15.3 Å². The van der Waals surface area contributed by atoms with E-state index in [2.05, 4.69) is 57.8 Å². The van der Waals surface area contributed by atoms with Gasteiger partial charge in [0.05, 0.1) is 22.9 Å². The Bertz CT molecular complexity index is 1040. The van der Waals surface area contributed by atoms with Crippen LogP contribution in [0.1, 0.15) is 50.9 Å². The Morgan fingerprint density at radius 2 is 1.52 bits per heavy atom. The Morgan fingerprint density at radius 3 is 2.15 bits per heavy atom. The second kappa shape index (κ2) is 8.00. The molecule has 0 fully saturated rings. The molecule has 6 nitrogen and oxygen atoms in total. The highest BCUT2D eigenvalue weighted by molar-refractivity contribution is 6.40. The molecule has 0 amide bonds. The summed E-state index contributed by atoms with van der Waals surface area (Å²) in [5, 5.41) is 9.76. The van der Waals surface area contributed by atoms with Crippen LogP contribution in [0.3, 0.4) is 0 Å². The van der Waals surface area contributed by atoms with Crippen LogP contribution >= 0.6 is 34.8 Å². The van der Waals surface area contributed by atoms with E-state index in [1.165, 1.54) is 0 Å². The maximum Gasteiger partial charge on any atom is 0.168 e. The Hall–Kier alpha value is -1.89. The summed E-state index contributed by atoms with van der Waals surface area (Å²) in [4.78, 5) is 14.6. The Labute approximate surface area is 171 Å². The molecular formula is C18H19Cl3N6. The number of fused-ring (bicyclic) bond motifs is 2. The molecule has 2 N–H and O–H groups in total. The first-order valence-electron chi connectivity index (χ1n) is 8.47. The molecule has 9 heteroatoms. The minimum absolute atomic E-state index is 0.233. The lowest BCUT2D eigenvalue weighted by atomic mass is 10.1. The molecule has 27 heavy (non-hydrogen) atoms. The summed E-state index contributed by atoms with van der Waals surface area (Å²) in [6.45, 7) is 8.37. The monoisotopic (exact) mass is 424 g/mol. The summed E-state index contributed by atoms with van der Waals surface area (Å²) in [7, 11) is 0. The third-order valence-corrected chi connectivity index (χ3v) is 5.10. The summed E-state index contributed by atoms with van der Waals surface area (Å²) in [5.74, 6) is 0.795. The molecule has 0 spiro atoms. The van der Waals surface area contributed by atoms with Crippen molar-refractivity contribution in [1.82, 2.24) is 30.1 Å². The number of H-pyrrole nitrogens is 2. The van der Waals surface area contributed by atoms with E-state index in [0.29, 0.717) is 17.5 Å². The lowest BCUT2D eigenvalue weighted by Gasteiger charge is -2.00. The zero-order valence-corrected chi connectivity index (χ0v) is 17.6. The highest BCUT2D eigenvalue weighted by Gasteiger charge is 2.12. The van der Waals surface area contributed by atoms with Gasteiger partial charge in [0, 0.05) is 16.8 Å². The minimum Gasteiger partial charge on any atom is -0.356 e. The van der Waals surface area contributed by atoms with Gasteiger partial charge in [0.15, 0.2) is 16.0 Å². The molecule has 0 atom stereocenters. The van der Waals surface area contributed by atoms with Gasteiger partial charge in [-0.2, -0.15) is 10.2 Å². The van der Waals surface area contributed by atoms with Gasteiger partial charge >= 0.3 is 0 Å². The largest absolute Gasteiger partial charge is 0.356 e. The molecule has 0 saturated carbocycles. The van der Waals surface area contributed by atoms with Gasteiger partial charge < -0.3 is 9.97 Å². The topological polar surface area (TPSA) is 83.1 Å². The van der Waals surface area contributed by atoms with Gasteiger partial charge in [-0.25, -0.2) is 9.97 Å². The predicted octanol–water partition coefficient (Wildman–Crippen LogP) is 6.12. The van der Waals surface area contributed by atoms with Gasteiger partial charge in [0.1, 0.15) is 5.52 Å². The molecule has 0 aliphatic heterocycles. The molecule has 0 aliphatic carbocycles. The standard InChI is InChI=1S/C9H9Cl2N3.C9H10ClN3/c1-4(2)5-3-6-9(13-5)14-8(11)7(10)12-6;1-5(2)9-8(10)6-3-11-12-4-7(6)13-9/h3-4H,1-2H3,(H,13,14);3-5,13H,1-2H3. The van der Waals surface area contributed by atoms with Gasteiger partial charge in [-0.05, 0) is 17.9 Å². The molecule has 4 heterocycles. The van der Waals surface area contributed by atoms with Gasteiger partial charge in [-0.1, -0.05) is 62.5 Å².